The van der Waals surface area contributed by atoms with Gasteiger partial charge in [-0.25, -0.2) is 4.39 Å². The van der Waals surface area contributed by atoms with Crippen LogP contribution in [0.3, 0.4) is 0 Å². The highest BCUT2D eigenvalue weighted by molar-refractivity contribution is 6.59. The van der Waals surface area contributed by atoms with Crippen LogP contribution in [0.1, 0.15) is 11.1 Å². The first kappa shape index (κ1) is 9.71. The summed E-state index contributed by atoms with van der Waals surface area (Å²) in [6.07, 6.45) is 0. The summed E-state index contributed by atoms with van der Waals surface area (Å²) in [5.74, 6) is -0.527. The highest BCUT2D eigenvalue weighted by Crippen LogP contribution is 2.09. The molecule has 0 unspecified atom stereocenters. The molecule has 0 amide bonds. The molecule has 1 aromatic carbocycles. The molecule has 2 N–H and O–H groups in total. The zero-order valence-corrected chi connectivity index (χ0v) is 6.95. The normalized spacial score (nSPS) is 9.46. The van der Waals surface area contributed by atoms with Crippen LogP contribution >= 0.6 is 0 Å². The first-order valence-electron chi connectivity index (χ1n) is 3.63. The predicted octanol–water partition coefficient (Wildman–Crippen LogP) is -0.314. The highest BCUT2D eigenvalue weighted by atomic mass is 19.1. The fourth-order valence-electron chi connectivity index (χ4n) is 1.07. The smallest absolute Gasteiger partial charge is 0.423 e. The summed E-state index contributed by atoms with van der Waals surface area (Å²) < 4.78 is 12.9. The van der Waals surface area contributed by atoms with E-state index < -0.39 is 12.9 Å². The molecule has 3 nitrogen and oxygen atoms in total. The van der Waals surface area contributed by atoms with Gasteiger partial charge in [-0.1, -0.05) is 6.07 Å². The Morgan fingerprint density at radius 3 is 2.54 bits per heavy atom. The first-order valence-corrected chi connectivity index (χ1v) is 3.63. The molecule has 0 aliphatic rings. The highest BCUT2D eigenvalue weighted by Gasteiger charge is 2.18. The number of hydrogen-bond donors (Lipinski definition) is 2. The van der Waals surface area contributed by atoms with Crippen LogP contribution in [0.5, 0.6) is 0 Å². The van der Waals surface area contributed by atoms with E-state index in [1.807, 2.05) is 0 Å². The molecule has 0 saturated carbocycles. The zero-order chi connectivity index (χ0) is 10.0. The average Bonchev–Trinajstić information content (AvgIpc) is 2.09. The quantitative estimate of drug-likeness (QED) is 0.581. The van der Waals surface area contributed by atoms with Crippen LogP contribution in [0.25, 0.3) is 0 Å². The number of benzene rings is 1. The molecule has 0 saturated heterocycles. The van der Waals surface area contributed by atoms with Crippen LogP contribution in [0.15, 0.2) is 12.1 Å². The second-order valence-corrected chi connectivity index (χ2v) is 2.62. The van der Waals surface area contributed by atoms with Crippen LogP contribution in [0, 0.1) is 24.1 Å². The van der Waals surface area contributed by atoms with E-state index in [0.29, 0.717) is 0 Å². The maximum absolute atomic E-state index is 12.9. The number of nitrogens with zero attached hydrogens (tertiary/aromatic N) is 1. The molecule has 0 aromatic heterocycles. The Kier molecular flexibility index (Phi) is 2.66. The van der Waals surface area contributed by atoms with Crippen molar-refractivity contribution in [1.29, 1.82) is 5.26 Å². The molecule has 0 spiro atoms. The van der Waals surface area contributed by atoms with Gasteiger partial charge in [0.25, 0.3) is 0 Å². The fourth-order valence-corrected chi connectivity index (χ4v) is 1.07. The molecule has 0 heterocycles. The summed E-state index contributed by atoms with van der Waals surface area (Å²) in [7, 11) is -1.74. The number of halogens is 1. The van der Waals surface area contributed by atoms with Crippen molar-refractivity contribution in [3.05, 3.63) is 29.1 Å². The Morgan fingerprint density at radius 2 is 2.08 bits per heavy atom. The molecule has 13 heavy (non-hydrogen) atoms. The van der Waals surface area contributed by atoms with Crippen molar-refractivity contribution in [1.82, 2.24) is 0 Å². The van der Waals surface area contributed by atoms with E-state index in [1.54, 1.807) is 6.07 Å². The molecule has 1 aromatic rings. The topological polar surface area (TPSA) is 64.2 Å². The minimum atomic E-state index is -1.74. The van der Waals surface area contributed by atoms with Gasteiger partial charge in [0, 0.05) is 11.0 Å². The van der Waals surface area contributed by atoms with Crippen molar-refractivity contribution in [2.24, 2.45) is 0 Å². The largest absolute Gasteiger partial charge is 0.489 e. The summed E-state index contributed by atoms with van der Waals surface area (Å²) in [4.78, 5) is 0. The van der Waals surface area contributed by atoms with E-state index in [0.717, 1.165) is 6.07 Å². The molecule has 0 radical (unpaired) electrons. The van der Waals surface area contributed by atoms with Crippen molar-refractivity contribution < 1.29 is 14.4 Å². The Labute approximate surface area is 75.2 Å². The van der Waals surface area contributed by atoms with Gasteiger partial charge in [-0.3, -0.25) is 0 Å². The van der Waals surface area contributed by atoms with Gasteiger partial charge in [-0.2, -0.15) is 5.26 Å². The van der Waals surface area contributed by atoms with Gasteiger partial charge in [-0.15, -0.1) is 0 Å². The van der Waals surface area contributed by atoms with Crippen LogP contribution in [0.2, 0.25) is 0 Å². The molecular weight excluding hydrogens is 172 g/mol. The minimum Gasteiger partial charge on any atom is -0.423 e. The summed E-state index contributed by atoms with van der Waals surface area (Å²) >= 11 is 0. The van der Waals surface area contributed by atoms with Crippen molar-refractivity contribution in [3.63, 3.8) is 0 Å². The third-order valence-electron chi connectivity index (χ3n) is 1.82. The second-order valence-electron chi connectivity index (χ2n) is 2.62. The van der Waals surface area contributed by atoms with Crippen molar-refractivity contribution in [3.8, 4) is 6.07 Å². The van der Waals surface area contributed by atoms with Crippen molar-refractivity contribution >= 4 is 12.6 Å². The molecular formula is C8H7BFNO2. The van der Waals surface area contributed by atoms with Crippen LogP contribution in [-0.2, 0) is 0 Å². The lowest BCUT2D eigenvalue weighted by Crippen LogP contribution is -2.33. The molecule has 0 aliphatic carbocycles. The standard InChI is InChI=1S/C8H7BFNO2/c1-5-6(4-11)7(9(12)13)2-3-8(5)10/h2-3,12-13H,1H3. The first-order chi connectivity index (χ1) is 6.07. The lowest BCUT2D eigenvalue weighted by molar-refractivity contribution is 0.425. The van der Waals surface area contributed by atoms with E-state index in [9.17, 15) is 4.39 Å². The predicted molar refractivity (Wildman–Crippen MR) is 45.7 cm³/mol. The third kappa shape index (κ3) is 1.69. The second kappa shape index (κ2) is 3.56. The lowest BCUT2D eigenvalue weighted by Gasteiger charge is -2.05. The molecule has 66 valence electrons. The fraction of sp³-hybridized carbons (Fsp3) is 0.125. The van der Waals surface area contributed by atoms with Gasteiger partial charge in [0.1, 0.15) is 5.82 Å². The summed E-state index contributed by atoms with van der Waals surface area (Å²) in [5.41, 5.74) is 0.143. The third-order valence-corrected chi connectivity index (χ3v) is 1.82. The molecule has 1 rings (SSSR count). The monoisotopic (exact) mass is 179 g/mol. The van der Waals surface area contributed by atoms with Crippen LogP contribution < -0.4 is 5.46 Å². The summed E-state index contributed by atoms with van der Waals surface area (Å²) in [6, 6.07) is 4.01. The van der Waals surface area contributed by atoms with E-state index >= 15 is 0 Å². The maximum atomic E-state index is 12.9. The van der Waals surface area contributed by atoms with Crippen molar-refractivity contribution in [2.45, 2.75) is 6.92 Å². The number of hydrogen-bond acceptors (Lipinski definition) is 3. The van der Waals surface area contributed by atoms with E-state index in [2.05, 4.69) is 0 Å². The minimum absolute atomic E-state index is 0.0185. The summed E-state index contributed by atoms with van der Waals surface area (Å²) in [6.45, 7) is 1.42. The molecule has 0 bridgehead atoms. The Morgan fingerprint density at radius 1 is 1.46 bits per heavy atom. The Bertz CT molecular complexity index is 373. The molecule has 0 fully saturated rings. The SMILES string of the molecule is Cc1c(F)ccc(B(O)O)c1C#N. The van der Waals surface area contributed by atoms with Crippen LogP contribution in [-0.4, -0.2) is 17.2 Å². The molecule has 0 aliphatic heterocycles. The van der Waals surface area contributed by atoms with Gasteiger partial charge in [0.2, 0.25) is 0 Å². The lowest BCUT2D eigenvalue weighted by atomic mass is 9.76. The van der Waals surface area contributed by atoms with E-state index in [1.165, 1.54) is 13.0 Å². The maximum Gasteiger partial charge on any atom is 0.489 e. The zero-order valence-electron chi connectivity index (χ0n) is 6.95. The number of rotatable bonds is 1. The molecule has 0 atom stereocenters. The Balaban J connectivity index is 3.41. The van der Waals surface area contributed by atoms with E-state index in [-0.39, 0.29) is 16.6 Å². The van der Waals surface area contributed by atoms with Gasteiger partial charge < -0.3 is 10.0 Å². The summed E-state index contributed by atoms with van der Waals surface area (Å²) in [5, 5.41) is 26.3. The van der Waals surface area contributed by atoms with Gasteiger partial charge in [-0.05, 0) is 13.0 Å². The number of nitriles is 1. The van der Waals surface area contributed by atoms with Gasteiger partial charge in [0.05, 0.1) is 11.6 Å². The van der Waals surface area contributed by atoms with Gasteiger partial charge >= 0.3 is 7.12 Å². The van der Waals surface area contributed by atoms with E-state index in [4.69, 9.17) is 15.3 Å². The van der Waals surface area contributed by atoms with Crippen molar-refractivity contribution in [2.75, 3.05) is 0 Å². The Hall–Kier alpha value is -1.38. The van der Waals surface area contributed by atoms with Gasteiger partial charge in [0.15, 0.2) is 0 Å². The average molecular weight is 179 g/mol. The van der Waals surface area contributed by atoms with Crippen LogP contribution in [0.4, 0.5) is 4.39 Å². The molecule has 5 heteroatoms.